The van der Waals surface area contributed by atoms with Gasteiger partial charge >= 0.3 is 0 Å². The Labute approximate surface area is 67.3 Å². The summed E-state index contributed by atoms with van der Waals surface area (Å²) in [7, 11) is 0. The Bertz CT molecular complexity index is 153. The van der Waals surface area contributed by atoms with Crippen LogP contribution in [-0.2, 0) is 9.47 Å². The fourth-order valence-electron chi connectivity index (χ4n) is 1.14. The number of rotatable bonds is 1. The highest BCUT2D eigenvalue weighted by molar-refractivity contribution is 4.87. The van der Waals surface area contributed by atoms with Crippen LogP contribution < -0.4 is 0 Å². The number of ether oxygens (including phenoxy) is 2. The van der Waals surface area contributed by atoms with Crippen LogP contribution >= 0.6 is 0 Å². The molecule has 66 valence electrons. The molecule has 0 spiro atoms. The Balaban J connectivity index is 2.65. The zero-order chi connectivity index (χ0) is 8.70. The van der Waals surface area contributed by atoms with Gasteiger partial charge in [0.05, 0.1) is 12.7 Å². The molecule has 0 saturated carbocycles. The van der Waals surface area contributed by atoms with Gasteiger partial charge < -0.3 is 14.6 Å². The summed E-state index contributed by atoms with van der Waals surface area (Å²) in [5, 5.41) is 9.34. The second kappa shape index (κ2) is 2.44. The number of aliphatic hydroxyl groups is 1. The van der Waals surface area contributed by atoms with Crippen molar-refractivity contribution in [1.82, 2.24) is 0 Å². The van der Waals surface area contributed by atoms with Crippen LogP contribution in [0.4, 0.5) is 0 Å². The molecule has 0 bridgehead atoms. The molecule has 1 rings (SSSR count). The minimum absolute atomic E-state index is 0.456. The summed E-state index contributed by atoms with van der Waals surface area (Å²) in [5.41, 5.74) is -0.538. The van der Waals surface area contributed by atoms with Crippen LogP contribution in [0.25, 0.3) is 0 Å². The standard InChI is InChI=1S/C8H16O3/c1-6(9)8(4)5-10-7(2,3)11-8/h6,9H,5H2,1-4H3/t6-,8?/m1/s1. The largest absolute Gasteiger partial charge is 0.390 e. The lowest BCUT2D eigenvalue weighted by Gasteiger charge is -2.27. The lowest BCUT2D eigenvalue weighted by molar-refractivity contribution is -0.176. The first-order valence-electron chi connectivity index (χ1n) is 3.88. The molecule has 1 N–H and O–H groups in total. The minimum atomic E-state index is -0.550. The average Bonchev–Trinajstić information content (AvgIpc) is 2.08. The summed E-state index contributed by atoms with van der Waals surface area (Å²) in [6.45, 7) is 7.72. The predicted molar refractivity (Wildman–Crippen MR) is 41.2 cm³/mol. The molecule has 2 atom stereocenters. The van der Waals surface area contributed by atoms with Crippen molar-refractivity contribution in [2.45, 2.75) is 45.2 Å². The van der Waals surface area contributed by atoms with E-state index in [1.54, 1.807) is 6.92 Å². The average molecular weight is 160 g/mol. The SMILES string of the molecule is C[C@@H](O)C1(C)COC(C)(C)O1. The fraction of sp³-hybridized carbons (Fsp3) is 1.00. The van der Waals surface area contributed by atoms with Crippen LogP contribution in [0.5, 0.6) is 0 Å². The fourth-order valence-corrected chi connectivity index (χ4v) is 1.14. The highest BCUT2D eigenvalue weighted by atomic mass is 16.8. The quantitative estimate of drug-likeness (QED) is 0.619. The summed E-state index contributed by atoms with van der Waals surface area (Å²) in [6, 6.07) is 0. The third kappa shape index (κ3) is 1.72. The van der Waals surface area contributed by atoms with Gasteiger partial charge in [0, 0.05) is 0 Å². The monoisotopic (exact) mass is 160 g/mol. The van der Waals surface area contributed by atoms with Gasteiger partial charge in [-0.3, -0.25) is 0 Å². The second-order valence-corrected chi connectivity index (χ2v) is 3.78. The highest BCUT2D eigenvalue weighted by Gasteiger charge is 2.44. The first kappa shape index (κ1) is 8.97. The molecule has 0 aromatic carbocycles. The molecular formula is C8H16O3. The molecule has 0 aromatic heterocycles. The van der Waals surface area contributed by atoms with Gasteiger partial charge in [-0.2, -0.15) is 0 Å². The van der Waals surface area contributed by atoms with Crippen molar-refractivity contribution < 1.29 is 14.6 Å². The summed E-state index contributed by atoms with van der Waals surface area (Å²) >= 11 is 0. The van der Waals surface area contributed by atoms with Gasteiger partial charge in [-0.15, -0.1) is 0 Å². The molecule has 0 aliphatic carbocycles. The zero-order valence-corrected chi connectivity index (χ0v) is 7.55. The Kier molecular flexibility index (Phi) is 1.99. The van der Waals surface area contributed by atoms with Gasteiger partial charge in [-0.05, 0) is 27.7 Å². The van der Waals surface area contributed by atoms with Crippen LogP contribution in [-0.4, -0.2) is 29.2 Å². The van der Waals surface area contributed by atoms with Crippen LogP contribution in [0.2, 0.25) is 0 Å². The van der Waals surface area contributed by atoms with E-state index in [0.29, 0.717) is 6.61 Å². The molecule has 3 nitrogen and oxygen atoms in total. The molecular weight excluding hydrogens is 144 g/mol. The van der Waals surface area contributed by atoms with E-state index in [-0.39, 0.29) is 0 Å². The van der Waals surface area contributed by atoms with E-state index < -0.39 is 17.5 Å². The van der Waals surface area contributed by atoms with Crippen molar-refractivity contribution in [3.8, 4) is 0 Å². The van der Waals surface area contributed by atoms with E-state index in [4.69, 9.17) is 9.47 Å². The van der Waals surface area contributed by atoms with Crippen LogP contribution in [0.1, 0.15) is 27.7 Å². The topological polar surface area (TPSA) is 38.7 Å². The van der Waals surface area contributed by atoms with Crippen LogP contribution in [0.3, 0.4) is 0 Å². The molecule has 1 aliphatic rings. The molecule has 11 heavy (non-hydrogen) atoms. The van der Waals surface area contributed by atoms with Crippen molar-refractivity contribution in [3.63, 3.8) is 0 Å². The van der Waals surface area contributed by atoms with E-state index in [1.165, 1.54) is 0 Å². The number of hydrogen-bond donors (Lipinski definition) is 1. The van der Waals surface area contributed by atoms with E-state index >= 15 is 0 Å². The third-order valence-corrected chi connectivity index (χ3v) is 2.07. The maximum atomic E-state index is 9.34. The van der Waals surface area contributed by atoms with Gasteiger partial charge in [0.2, 0.25) is 0 Å². The second-order valence-electron chi connectivity index (χ2n) is 3.78. The van der Waals surface area contributed by atoms with Gasteiger partial charge in [-0.25, -0.2) is 0 Å². The first-order valence-corrected chi connectivity index (χ1v) is 3.88. The summed E-state index contributed by atoms with van der Waals surface area (Å²) in [6.07, 6.45) is -0.496. The number of aliphatic hydroxyl groups excluding tert-OH is 1. The molecule has 3 heteroatoms. The van der Waals surface area contributed by atoms with Crippen molar-refractivity contribution in [2.24, 2.45) is 0 Å². The van der Waals surface area contributed by atoms with Crippen LogP contribution in [0, 0.1) is 0 Å². The molecule has 0 amide bonds. The molecule has 1 saturated heterocycles. The smallest absolute Gasteiger partial charge is 0.163 e. The normalized spacial score (nSPS) is 39.0. The Hall–Kier alpha value is -0.120. The van der Waals surface area contributed by atoms with E-state index in [0.717, 1.165) is 0 Å². The predicted octanol–water partition coefficient (Wildman–Crippen LogP) is 0.909. The third-order valence-electron chi connectivity index (χ3n) is 2.07. The molecule has 1 fully saturated rings. The Morgan fingerprint density at radius 2 is 1.91 bits per heavy atom. The van der Waals surface area contributed by atoms with Crippen molar-refractivity contribution in [2.75, 3.05) is 6.61 Å². The van der Waals surface area contributed by atoms with Crippen molar-refractivity contribution in [1.29, 1.82) is 0 Å². The Morgan fingerprint density at radius 3 is 2.09 bits per heavy atom. The molecule has 1 heterocycles. The number of hydrogen-bond acceptors (Lipinski definition) is 3. The van der Waals surface area contributed by atoms with Crippen molar-refractivity contribution in [3.05, 3.63) is 0 Å². The van der Waals surface area contributed by atoms with Gasteiger partial charge in [-0.1, -0.05) is 0 Å². The summed E-state index contributed by atoms with van der Waals surface area (Å²) in [4.78, 5) is 0. The summed E-state index contributed by atoms with van der Waals surface area (Å²) in [5.74, 6) is -0.550. The summed E-state index contributed by atoms with van der Waals surface area (Å²) < 4.78 is 10.9. The molecule has 0 aromatic rings. The molecule has 1 aliphatic heterocycles. The van der Waals surface area contributed by atoms with Gasteiger partial charge in [0.15, 0.2) is 5.79 Å². The van der Waals surface area contributed by atoms with E-state index in [2.05, 4.69) is 0 Å². The van der Waals surface area contributed by atoms with Crippen LogP contribution in [0.15, 0.2) is 0 Å². The maximum absolute atomic E-state index is 9.34. The first-order chi connectivity index (χ1) is 4.86. The molecule has 0 radical (unpaired) electrons. The van der Waals surface area contributed by atoms with Gasteiger partial charge in [0.25, 0.3) is 0 Å². The van der Waals surface area contributed by atoms with Crippen molar-refractivity contribution >= 4 is 0 Å². The zero-order valence-electron chi connectivity index (χ0n) is 7.55. The highest BCUT2D eigenvalue weighted by Crippen LogP contribution is 2.32. The molecule has 1 unspecified atom stereocenters. The Morgan fingerprint density at radius 1 is 1.36 bits per heavy atom. The minimum Gasteiger partial charge on any atom is -0.390 e. The lowest BCUT2D eigenvalue weighted by atomic mass is 10.0. The lowest BCUT2D eigenvalue weighted by Crippen LogP contribution is -2.41. The van der Waals surface area contributed by atoms with E-state index in [1.807, 2.05) is 20.8 Å². The van der Waals surface area contributed by atoms with Gasteiger partial charge in [0.1, 0.15) is 5.60 Å². The van der Waals surface area contributed by atoms with E-state index in [9.17, 15) is 5.11 Å². The maximum Gasteiger partial charge on any atom is 0.163 e.